The summed E-state index contributed by atoms with van der Waals surface area (Å²) in [6, 6.07) is 9.90. The third kappa shape index (κ3) is 5.32. The second kappa shape index (κ2) is 9.19. The number of nitro groups is 1. The Hall–Kier alpha value is -4.41. The van der Waals surface area contributed by atoms with Gasteiger partial charge in [-0.05, 0) is 35.9 Å². The molecular weight excluding hydrogens is 398 g/mol. The van der Waals surface area contributed by atoms with Crippen molar-refractivity contribution in [3.63, 3.8) is 0 Å². The summed E-state index contributed by atoms with van der Waals surface area (Å²) in [6.07, 6.45) is 2.62. The maximum Gasteiger partial charge on any atom is 0.331 e. The van der Waals surface area contributed by atoms with Crippen LogP contribution in [0.2, 0.25) is 0 Å². The molecule has 0 aliphatic carbocycles. The van der Waals surface area contributed by atoms with E-state index < -0.39 is 29.3 Å². The first kappa shape index (κ1) is 20.3. The van der Waals surface area contributed by atoms with E-state index in [0.29, 0.717) is 17.1 Å². The van der Waals surface area contributed by atoms with Gasteiger partial charge >= 0.3 is 5.97 Å². The standard InChI is InChI=1S/C19H15N3O8/c23-17(20-21-19(25)13-3-5-14(6-4-13)22(26)27)10-28-18(24)8-2-12-1-7-15-16(9-12)30-11-29-15/h1-9H,10-11H2,(H,20,23)(H,21,25)/b8-2+. The molecular formula is C19H15N3O8. The van der Waals surface area contributed by atoms with Crippen molar-refractivity contribution < 1.29 is 33.5 Å². The summed E-state index contributed by atoms with van der Waals surface area (Å²) in [5.41, 5.74) is 4.79. The highest BCUT2D eigenvalue weighted by atomic mass is 16.7. The highest BCUT2D eigenvalue weighted by molar-refractivity contribution is 5.96. The van der Waals surface area contributed by atoms with Gasteiger partial charge in [-0.15, -0.1) is 0 Å². The van der Waals surface area contributed by atoms with Gasteiger partial charge in [-0.25, -0.2) is 4.79 Å². The minimum atomic E-state index is -0.768. The molecule has 3 rings (SSSR count). The fraction of sp³-hybridized carbons (Fsp3) is 0.105. The van der Waals surface area contributed by atoms with E-state index in [1.54, 1.807) is 18.2 Å². The number of nitrogens with zero attached hydrogens (tertiary/aromatic N) is 1. The van der Waals surface area contributed by atoms with Crippen molar-refractivity contribution in [2.45, 2.75) is 0 Å². The third-order valence-corrected chi connectivity index (χ3v) is 3.81. The molecule has 2 aromatic rings. The monoisotopic (exact) mass is 413 g/mol. The molecule has 2 aromatic carbocycles. The maximum absolute atomic E-state index is 11.9. The van der Waals surface area contributed by atoms with Crippen LogP contribution in [-0.2, 0) is 14.3 Å². The first-order valence-corrected chi connectivity index (χ1v) is 8.50. The zero-order chi connectivity index (χ0) is 21.5. The number of esters is 1. The van der Waals surface area contributed by atoms with Crippen LogP contribution in [0.5, 0.6) is 11.5 Å². The molecule has 0 radical (unpaired) electrons. The van der Waals surface area contributed by atoms with Crippen LogP contribution in [0.15, 0.2) is 48.5 Å². The fourth-order valence-corrected chi connectivity index (χ4v) is 2.34. The Morgan fingerprint density at radius 2 is 1.80 bits per heavy atom. The number of amides is 2. The van der Waals surface area contributed by atoms with Gasteiger partial charge in [-0.1, -0.05) is 6.07 Å². The van der Waals surface area contributed by atoms with E-state index in [4.69, 9.17) is 14.2 Å². The van der Waals surface area contributed by atoms with Crippen LogP contribution < -0.4 is 20.3 Å². The maximum atomic E-state index is 11.9. The number of ether oxygens (including phenoxy) is 3. The lowest BCUT2D eigenvalue weighted by atomic mass is 10.2. The van der Waals surface area contributed by atoms with E-state index in [-0.39, 0.29) is 18.0 Å². The van der Waals surface area contributed by atoms with Crippen LogP contribution in [0.4, 0.5) is 5.69 Å². The van der Waals surface area contributed by atoms with Gasteiger partial charge < -0.3 is 14.2 Å². The first-order chi connectivity index (χ1) is 14.4. The smallest absolute Gasteiger partial charge is 0.331 e. The molecule has 11 heteroatoms. The Balaban J connectivity index is 1.41. The van der Waals surface area contributed by atoms with Gasteiger partial charge in [-0.2, -0.15) is 0 Å². The normalized spacial score (nSPS) is 11.7. The Bertz CT molecular complexity index is 1020. The zero-order valence-corrected chi connectivity index (χ0v) is 15.3. The van der Waals surface area contributed by atoms with Crippen LogP contribution in [0, 0.1) is 10.1 Å². The second-order valence-electron chi connectivity index (χ2n) is 5.86. The van der Waals surface area contributed by atoms with Crippen molar-refractivity contribution in [1.29, 1.82) is 0 Å². The number of non-ortho nitro benzene ring substituents is 1. The number of hydrogen-bond acceptors (Lipinski definition) is 8. The number of fused-ring (bicyclic) bond motifs is 1. The Morgan fingerprint density at radius 1 is 1.07 bits per heavy atom. The van der Waals surface area contributed by atoms with Crippen LogP contribution in [-0.4, -0.2) is 36.1 Å². The zero-order valence-electron chi connectivity index (χ0n) is 15.3. The first-order valence-electron chi connectivity index (χ1n) is 8.50. The molecule has 1 aliphatic rings. The van der Waals surface area contributed by atoms with E-state index in [0.717, 1.165) is 18.2 Å². The summed E-state index contributed by atoms with van der Waals surface area (Å²) >= 11 is 0. The number of nitrogens with one attached hydrogen (secondary N) is 2. The topological polar surface area (TPSA) is 146 Å². The van der Waals surface area contributed by atoms with Gasteiger partial charge in [0, 0.05) is 23.8 Å². The molecule has 30 heavy (non-hydrogen) atoms. The lowest BCUT2D eigenvalue weighted by Crippen LogP contribution is -2.43. The average molecular weight is 413 g/mol. The number of benzene rings is 2. The molecule has 154 valence electrons. The highest BCUT2D eigenvalue weighted by Gasteiger charge is 2.13. The van der Waals surface area contributed by atoms with Gasteiger partial charge in [0.15, 0.2) is 18.1 Å². The van der Waals surface area contributed by atoms with E-state index in [1.165, 1.54) is 18.2 Å². The molecule has 0 bridgehead atoms. The molecule has 1 aliphatic heterocycles. The number of nitro benzene ring substituents is 1. The van der Waals surface area contributed by atoms with Gasteiger partial charge in [0.2, 0.25) is 6.79 Å². The van der Waals surface area contributed by atoms with Crippen molar-refractivity contribution in [2.75, 3.05) is 13.4 Å². The molecule has 0 unspecified atom stereocenters. The lowest BCUT2D eigenvalue weighted by molar-refractivity contribution is -0.384. The lowest BCUT2D eigenvalue weighted by Gasteiger charge is -2.07. The number of hydrogen-bond donors (Lipinski definition) is 2. The minimum absolute atomic E-state index is 0.101. The van der Waals surface area contributed by atoms with Crippen molar-refractivity contribution in [1.82, 2.24) is 10.9 Å². The number of rotatable bonds is 6. The van der Waals surface area contributed by atoms with Crippen molar-refractivity contribution >= 4 is 29.5 Å². The van der Waals surface area contributed by atoms with E-state index in [1.807, 2.05) is 0 Å². The molecule has 0 saturated carbocycles. The summed E-state index contributed by atoms with van der Waals surface area (Å²) in [5, 5.41) is 10.6. The van der Waals surface area contributed by atoms with Crippen molar-refractivity contribution in [3.8, 4) is 11.5 Å². The summed E-state index contributed by atoms with van der Waals surface area (Å²) < 4.78 is 15.2. The molecule has 0 aromatic heterocycles. The SMILES string of the molecule is O=C(COC(=O)/C=C/c1ccc2c(c1)OCO2)NNC(=O)c1ccc([N+](=O)[O-])cc1. The van der Waals surface area contributed by atoms with Gasteiger partial charge in [0.05, 0.1) is 4.92 Å². The summed E-state index contributed by atoms with van der Waals surface area (Å²) in [5.74, 6) is -1.04. The Labute approximate surface area is 169 Å². The van der Waals surface area contributed by atoms with Crippen LogP contribution in [0.25, 0.3) is 6.08 Å². The fourth-order valence-electron chi connectivity index (χ4n) is 2.34. The quantitative estimate of drug-likeness (QED) is 0.312. The predicted octanol–water partition coefficient (Wildman–Crippen LogP) is 1.34. The predicted molar refractivity (Wildman–Crippen MR) is 101 cm³/mol. The Morgan fingerprint density at radius 3 is 2.53 bits per heavy atom. The molecule has 0 spiro atoms. The molecule has 2 N–H and O–H groups in total. The van der Waals surface area contributed by atoms with Gasteiger partial charge in [0.25, 0.3) is 17.5 Å². The molecule has 2 amide bonds. The van der Waals surface area contributed by atoms with Crippen LogP contribution in [0.3, 0.4) is 0 Å². The Kier molecular flexibility index (Phi) is 6.23. The minimum Gasteiger partial charge on any atom is -0.454 e. The molecule has 0 saturated heterocycles. The van der Waals surface area contributed by atoms with E-state index >= 15 is 0 Å². The van der Waals surface area contributed by atoms with Crippen LogP contribution in [0.1, 0.15) is 15.9 Å². The molecule has 11 nitrogen and oxygen atoms in total. The van der Waals surface area contributed by atoms with E-state index in [2.05, 4.69) is 10.9 Å². The number of carbonyl (C=O) groups excluding carboxylic acids is 3. The molecule has 1 heterocycles. The number of hydrazine groups is 1. The average Bonchev–Trinajstić information content (AvgIpc) is 3.22. The summed E-state index contributed by atoms with van der Waals surface area (Å²) in [7, 11) is 0. The van der Waals surface area contributed by atoms with E-state index in [9.17, 15) is 24.5 Å². The number of carbonyl (C=O) groups is 3. The highest BCUT2D eigenvalue weighted by Crippen LogP contribution is 2.32. The van der Waals surface area contributed by atoms with Gasteiger partial charge in [-0.3, -0.25) is 30.6 Å². The molecule has 0 atom stereocenters. The van der Waals surface area contributed by atoms with Crippen molar-refractivity contribution in [3.05, 3.63) is 69.8 Å². The summed E-state index contributed by atoms with van der Waals surface area (Å²) in [6.45, 7) is -0.481. The van der Waals surface area contributed by atoms with Gasteiger partial charge in [0.1, 0.15) is 0 Å². The molecule has 0 fully saturated rings. The van der Waals surface area contributed by atoms with Crippen molar-refractivity contribution in [2.24, 2.45) is 0 Å². The second-order valence-corrected chi connectivity index (χ2v) is 5.86. The largest absolute Gasteiger partial charge is 0.454 e. The van der Waals surface area contributed by atoms with Crippen LogP contribution >= 0.6 is 0 Å². The third-order valence-electron chi connectivity index (χ3n) is 3.81. The summed E-state index contributed by atoms with van der Waals surface area (Å²) in [4.78, 5) is 45.3.